The number of hydrogen-bond acceptors (Lipinski definition) is 3. The van der Waals surface area contributed by atoms with E-state index in [2.05, 4.69) is 16.4 Å². The molecule has 24 heavy (non-hydrogen) atoms. The zero-order valence-corrected chi connectivity index (χ0v) is 16.5. The first-order valence-electron chi connectivity index (χ1n) is 7.55. The first kappa shape index (κ1) is 20.1. The summed E-state index contributed by atoms with van der Waals surface area (Å²) in [5.74, 6) is 2.04. The summed E-state index contributed by atoms with van der Waals surface area (Å²) in [5, 5.41) is 3.06. The van der Waals surface area contributed by atoms with Crippen molar-refractivity contribution >= 4 is 35.6 Å². The molecule has 130 valence electrons. The van der Waals surface area contributed by atoms with Gasteiger partial charge in [0.2, 0.25) is 0 Å². The number of methoxy groups -OCH3 is 1. The van der Waals surface area contributed by atoms with Crippen LogP contribution in [-0.4, -0.2) is 19.7 Å². The Labute approximate surface area is 160 Å². The van der Waals surface area contributed by atoms with Crippen LogP contribution in [0.2, 0.25) is 0 Å². The molecule has 0 unspecified atom stereocenters. The lowest BCUT2D eigenvalue weighted by Crippen LogP contribution is -2.22. The molecule has 0 aliphatic rings. The number of aryl methyl sites for hydroxylation is 1. The van der Waals surface area contributed by atoms with Gasteiger partial charge in [-0.25, -0.2) is 4.99 Å². The van der Waals surface area contributed by atoms with E-state index in [1.54, 1.807) is 7.11 Å². The third kappa shape index (κ3) is 5.92. The van der Waals surface area contributed by atoms with Crippen LogP contribution < -0.4 is 20.5 Å². The molecule has 0 aromatic heterocycles. The van der Waals surface area contributed by atoms with Crippen molar-refractivity contribution in [2.75, 3.05) is 19.0 Å². The summed E-state index contributed by atoms with van der Waals surface area (Å²) in [6, 6.07) is 13.6. The van der Waals surface area contributed by atoms with Crippen molar-refractivity contribution in [1.29, 1.82) is 0 Å². The maximum absolute atomic E-state index is 5.93. The molecule has 0 atom stereocenters. The number of nitrogens with zero attached hydrogens (tertiary/aromatic N) is 1. The molecule has 0 radical (unpaired) electrons. The average Bonchev–Trinajstić information content (AvgIpc) is 2.55. The third-order valence-electron chi connectivity index (χ3n) is 3.31. The molecule has 0 bridgehead atoms. The third-order valence-corrected chi connectivity index (χ3v) is 3.31. The van der Waals surface area contributed by atoms with E-state index in [0.29, 0.717) is 19.1 Å². The Hall–Kier alpha value is -1.96. The number of aliphatic imine (C=N–C) groups is 1. The van der Waals surface area contributed by atoms with Gasteiger partial charge in [0.05, 0.1) is 20.3 Å². The summed E-state index contributed by atoms with van der Waals surface area (Å²) >= 11 is 0. The molecule has 6 heteroatoms. The zero-order chi connectivity index (χ0) is 16.7. The molecule has 3 N–H and O–H groups in total. The molecule has 0 saturated heterocycles. The van der Waals surface area contributed by atoms with E-state index in [1.165, 1.54) is 0 Å². The average molecular weight is 441 g/mol. The molecule has 0 heterocycles. The van der Waals surface area contributed by atoms with Crippen molar-refractivity contribution in [3.8, 4) is 11.5 Å². The number of guanidine groups is 1. The summed E-state index contributed by atoms with van der Waals surface area (Å²) in [5.41, 5.74) is 8.96. The normalized spacial score (nSPS) is 10.7. The minimum atomic E-state index is 0. The van der Waals surface area contributed by atoms with Gasteiger partial charge in [0.25, 0.3) is 0 Å². The van der Waals surface area contributed by atoms with E-state index >= 15 is 0 Å². The summed E-state index contributed by atoms with van der Waals surface area (Å²) in [6.45, 7) is 5.17. The molecular formula is C18H24IN3O2. The van der Waals surface area contributed by atoms with Crippen molar-refractivity contribution in [1.82, 2.24) is 0 Å². The molecule has 5 nitrogen and oxygen atoms in total. The predicted molar refractivity (Wildman–Crippen MR) is 110 cm³/mol. The Kier molecular flexibility index (Phi) is 8.39. The summed E-state index contributed by atoms with van der Waals surface area (Å²) < 4.78 is 10.7. The van der Waals surface area contributed by atoms with Crippen molar-refractivity contribution in [2.24, 2.45) is 10.7 Å². The Balaban J connectivity index is 0.00000288. The highest BCUT2D eigenvalue weighted by Crippen LogP contribution is 2.20. The van der Waals surface area contributed by atoms with Crippen LogP contribution in [0, 0.1) is 6.92 Å². The number of nitrogens with two attached hydrogens (primary N) is 1. The van der Waals surface area contributed by atoms with Gasteiger partial charge in [-0.05, 0) is 43.2 Å². The SMILES string of the molecule is CCOc1ccc(CN=C(N)Nc2cccc(OC)c2)cc1C.I. The topological polar surface area (TPSA) is 68.9 Å². The fraction of sp³-hybridized carbons (Fsp3) is 0.278. The molecule has 0 aliphatic heterocycles. The summed E-state index contributed by atoms with van der Waals surface area (Å²) in [4.78, 5) is 4.36. The van der Waals surface area contributed by atoms with Gasteiger partial charge < -0.3 is 20.5 Å². The van der Waals surface area contributed by atoms with E-state index in [4.69, 9.17) is 15.2 Å². The van der Waals surface area contributed by atoms with E-state index < -0.39 is 0 Å². The van der Waals surface area contributed by atoms with Crippen LogP contribution in [0.3, 0.4) is 0 Å². The standard InChI is InChI=1S/C18H23N3O2.HI/c1-4-23-17-9-8-14(10-13(17)2)12-20-18(19)21-15-6-5-7-16(11-15)22-3;/h5-11H,4,12H2,1-3H3,(H3,19,20,21);1H. The fourth-order valence-electron chi connectivity index (χ4n) is 2.19. The number of anilines is 1. The first-order chi connectivity index (χ1) is 11.1. The van der Waals surface area contributed by atoms with Crippen LogP contribution >= 0.6 is 24.0 Å². The zero-order valence-electron chi connectivity index (χ0n) is 14.2. The highest BCUT2D eigenvalue weighted by molar-refractivity contribution is 14.0. The second kappa shape index (κ2) is 10.0. The van der Waals surface area contributed by atoms with E-state index in [1.807, 2.05) is 50.2 Å². The van der Waals surface area contributed by atoms with Crippen molar-refractivity contribution < 1.29 is 9.47 Å². The van der Waals surface area contributed by atoms with E-state index in [0.717, 1.165) is 28.3 Å². The Bertz CT molecular complexity index is 690. The van der Waals surface area contributed by atoms with Gasteiger partial charge in [0.1, 0.15) is 11.5 Å². The minimum Gasteiger partial charge on any atom is -0.497 e. The molecule has 2 aromatic carbocycles. The van der Waals surface area contributed by atoms with Gasteiger partial charge in [0, 0.05) is 11.8 Å². The quantitative estimate of drug-likeness (QED) is 0.405. The van der Waals surface area contributed by atoms with Crippen molar-refractivity contribution in [2.45, 2.75) is 20.4 Å². The maximum Gasteiger partial charge on any atom is 0.193 e. The second-order valence-corrected chi connectivity index (χ2v) is 5.09. The van der Waals surface area contributed by atoms with Gasteiger partial charge in [0.15, 0.2) is 5.96 Å². The smallest absolute Gasteiger partial charge is 0.193 e. The molecule has 0 aliphatic carbocycles. The van der Waals surface area contributed by atoms with Crippen LogP contribution in [0.15, 0.2) is 47.5 Å². The molecular weight excluding hydrogens is 417 g/mol. The molecule has 2 rings (SSSR count). The largest absolute Gasteiger partial charge is 0.497 e. The number of benzene rings is 2. The lowest BCUT2D eigenvalue weighted by molar-refractivity contribution is 0.338. The van der Waals surface area contributed by atoms with Gasteiger partial charge in [-0.1, -0.05) is 18.2 Å². The molecule has 0 spiro atoms. The number of nitrogens with one attached hydrogen (secondary N) is 1. The fourth-order valence-corrected chi connectivity index (χ4v) is 2.19. The predicted octanol–water partition coefficient (Wildman–Crippen LogP) is 3.95. The monoisotopic (exact) mass is 441 g/mol. The van der Waals surface area contributed by atoms with Gasteiger partial charge >= 0.3 is 0 Å². The highest BCUT2D eigenvalue weighted by Gasteiger charge is 2.01. The number of rotatable bonds is 6. The van der Waals surface area contributed by atoms with Gasteiger partial charge in [-0.3, -0.25) is 0 Å². The first-order valence-corrected chi connectivity index (χ1v) is 7.55. The van der Waals surface area contributed by atoms with E-state index in [-0.39, 0.29) is 24.0 Å². The Morgan fingerprint density at radius 3 is 2.67 bits per heavy atom. The lowest BCUT2D eigenvalue weighted by atomic mass is 10.1. The van der Waals surface area contributed by atoms with Crippen LogP contribution in [0.5, 0.6) is 11.5 Å². The lowest BCUT2D eigenvalue weighted by Gasteiger charge is -2.09. The Morgan fingerprint density at radius 1 is 1.21 bits per heavy atom. The molecule has 0 fully saturated rings. The number of hydrogen-bond donors (Lipinski definition) is 2. The number of ether oxygens (including phenoxy) is 2. The molecule has 0 amide bonds. The Morgan fingerprint density at radius 2 is 2.00 bits per heavy atom. The molecule has 2 aromatic rings. The van der Waals surface area contributed by atoms with Gasteiger partial charge in [-0.2, -0.15) is 0 Å². The maximum atomic E-state index is 5.93. The van der Waals surface area contributed by atoms with Crippen LogP contribution in [0.1, 0.15) is 18.1 Å². The van der Waals surface area contributed by atoms with Crippen molar-refractivity contribution in [3.05, 3.63) is 53.6 Å². The van der Waals surface area contributed by atoms with Crippen LogP contribution in [0.25, 0.3) is 0 Å². The van der Waals surface area contributed by atoms with Crippen molar-refractivity contribution in [3.63, 3.8) is 0 Å². The van der Waals surface area contributed by atoms with Crippen LogP contribution in [0.4, 0.5) is 5.69 Å². The molecule has 0 saturated carbocycles. The summed E-state index contributed by atoms with van der Waals surface area (Å²) in [7, 11) is 1.63. The van der Waals surface area contributed by atoms with Crippen LogP contribution in [-0.2, 0) is 6.54 Å². The summed E-state index contributed by atoms with van der Waals surface area (Å²) in [6.07, 6.45) is 0. The van der Waals surface area contributed by atoms with Gasteiger partial charge in [-0.15, -0.1) is 24.0 Å². The highest BCUT2D eigenvalue weighted by atomic mass is 127. The van der Waals surface area contributed by atoms with E-state index in [9.17, 15) is 0 Å². The second-order valence-electron chi connectivity index (χ2n) is 5.09. The minimum absolute atomic E-state index is 0. The number of halogens is 1.